The van der Waals surface area contributed by atoms with Crippen molar-refractivity contribution in [3.8, 4) is 5.75 Å². The zero-order valence-corrected chi connectivity index (χ0v) is 17.9. The number of nitrogens with two attached hydrogens (primary N) is 1. The second kappa shape index (κ2) is 10.6. The van der Waals surface area contributed by atoms with Crippen LogP contribution in [0.15, 0.2) is 52.9 Å². The number of carbonyl (C=O) groups is 2. The number of benzene rings is 2. The summed E-state index contributed by atoms with van der Waals surface area (Å²) in [7, 11) is 1.62. The minimum Gasteiger partial charge on any atom is -0.497 e. The average molecular weight is 444 g/mol. The van der Waals surface area contributed by atoms with Crippen molar-refractivity contribution in [2.24, 2.45) is 0 Å². The monoisotopic (exact) mass is 443 g/mol. The van der Waals surface area contributed by atoms with Crippen LogP contribution in [0.25, 0.3) is 0 Å². The molecule has 0 spiro atoms. The number of hydrogen-bond acceptors (Lipinski definition) is 8. The second-order valence-electron chi connectivity index (χ2n) is 6.14. The molecule has 30 heavy (non-hydrogen) atoms. The fourth-order valence-electron chi connectivity index (χ4n) is 2.59. The van der Waals surface area contributed by atoms with E-state index in [0.717, 1.165) is 11.3 Å². The Balaban J connectivity index is 1.52. The van der Waals surface area contributed by atoms with Crippen LogP contribution in [-0.2, 0) is 11.2 Å². The highest BCUT2D eigenvalue weighted by atomic mass is 32.2. The third-order valence-corrected chi connectivity index (χ3v) is 5.94. The number of amides is 2. The lowest BCUT2D eigenvalue weighted by molar-refractivity contribution is -0.113. The number of anilines is 2. The van der Waals surface area contributed by atoms with Gasteiger partial charge in [-0.15, -0.1) is 10.2 Å². The Bertz CT molecular complexity index is 1010. The van der Waals surface area contributed by atoms with Crippen molar-refractivity contribution >= 4 is 45.7 Å². The lowest BCUT2D eigenvalue weighted by atomic mass is 10.1. The first-order valence-electron chi connectivity index (χ1n) is 9.07. The number of para-hydroxylation sites is 1. The molecular formula is C20H21N5O3S2. The third kappa shape index (κ3) is 6.19. The van der Waals surface area contributed by atoms with Gasteiger partial charge in [0.25, 0.3) is 5.91 Å². The molecule has 0 aliphatic rings. The van der Waals surface area contributed by atoms with Crippen LogP contribution in [0.4, 0.5) is 10.8 Å². The molecule has 156 valence electrons. The zero-order chi connectivity index (χ0) is 21.3. The fraction of sp³-hybridized carbons (Fsp3) is 0.200. The van der Waals surface area contributed by atoms with E-state index in [2.05, 4.69) is 20.8 Å². The first kappa shape index (κ1) is 21.6. The molecule has 0 atom stereocenters. The van der Waals surface area contributed by atoms with Crippen molar-refractivity contribution in [1.29, 1.82) is 0 Å². The summed E-state index contributed by atoms with van der Waals surface area (Å²) in [6, 6.07) is 14.6. The van der Waals surface area contributed by atoms with Gasteiger partial charge >= 0.3 is 0 Å². The van der Waals surface area contributed by atoms with Crippen LogP contribution in [0.5, 0.6) is 5.75 Å². The number of ether oxygens (including phenoxy) is 1. The Labute approximate surface area is 182 Å². The number of thioether (sulfide) groups is 1. The van der Waals surface area contributed by atoms with Gasteiger partial charge in [-0.05, 0) is 36.2 Å². The van der Waals surface area contributed by atoms with Crippen LogP contribution in [-0.4, -0.2) is 41.4 Å². The maximum atomic E-state index is 12.6. The first-order chi connectivity index (χ1) is 14.5. The summed E-state index contributed by atoms with van der Waals surface area (Å²) in [5.74, 6) is 0.443. The molecule has 8 nitrogen and oxygen atoms in total. The number of nitrogens with zero attached hydrogens (tertiary/aromatic N) is 2. The van der Waals surface area contributed by atoms with Crippen LogP contribution in [0.3, 0.4) is 0 Å². The SMILES string of the molecule is COc1ccc(CCNC(=O)c2ccccc2NC(=O)CSc2nnc(N)s2)cc1. The summed E-state index contributed by atoms with van der Waals surface area (Å²) in [6.07, 6.45) is 0.686. The molecule has 1 heterocycles. The van der Waals surface area contributed by atoms with Gasteiger partial charge < -0.3 is 21.1 Å². The molecule has 0 saturated carbocycles. The van der Waals surface area contributed by atoms with Crippen molar-refractivity contribution < 1.29 is 14.3 Å². The number of hydrogen-bond donors (Lipinski definition) is 3. The maximum Gasteiger partial charge on any atom is 0.253 e. The Morgan fingerprint density at radius 1 is 1.13 bits per heavy atom. The van der Waals surface area contributed by atoms with Gasteiger partial charge in [0, 0.05) is 6.54 Å². The largest absolute Gasteiger partial charge is 0.497 e. The van der Waals surface area contributed by atoms with E-state index in [-0.39, 0.29) is 17.6 Å². The van der Waals surface area contributed by atoms with Gasteiger partial charge in [0.15, 0.2) is 4.34 Å². The van der Waals surface area contributed by atoms with Gasteiger partial charge in [-0.2, -0.15) is 0 Å². The van der Waals surface area contributed by atoms with E-state index in [0.29, 0.717) is 33.7 Å². The van der Waals surface area contributed by atoms with Crippen molar-refractivity contribution in [3.05, 3.63) is 59.7 Å². The molecule has 1 aromatic heterocycles. The molecule has 4 N–H and O–H groups in total. The molecule has 2 amide bonds. The van der Waals surface area contributed by atoms with E-state index in [4.69, 9.17) is 10.5 Å². The molecule has 0 aliphatic heterocycles. The van der Waals surface area contributed by atoms with Gasteiger partial charge in [-0.3, -0.25) is 9.59 Å². The number of carbonyl (C=O) groups excluding carboxylic acids is 2. The summed E-state index contributed by atoms with van der Waals surface area (Å²) in [4.78, 5) is 24.9. The highest BCUT2D eigenvalue weighted by Crippen LogP contribution is 2.24. The summed E-state index contributed by atoms with van der Waals surface area (Å²) >= 11 is 2.46. The molecular weight excluding hydrogens is 422 g/mol. The fourth-order valence-corrected chi connectivity index (χ4v) is 4.03. The van der Waals surface area contributed by atoms with Gasteiger partial charge in [0.2, 0.25) is 11.0 Å². The minimum absolute atomic E-state index is 0.141. The Kier molecular flexibility index (Phi) is 7.63. The molecule has 0 bridgehead atoms. The second-order valence-corrected chi connectivity index (χ2v) is 8.37. The molecule has 3 rings (SSSR count). The Morgan fingerprint density at radius 2 is 1.90 bits per heavy atom. The van der Waals surface area contributed by atoms with Crippen LogP contribution < -0.4 is 21.1 Å². The zero-order valence-electron chi connectivity index (χ0n) is 16.3. The van der Waals surface area contributed by atoms with E-state index in [1.54, 1.807) is 31.4 Å². The number of aromatic nitrogens is 2. The highest BCUT2D eigenvalue weighted by Gasteiger charge is 2.14. The van der Waals surface area contributed by atoms with Crippen molar-refractivity contribution in [2.45, 2.75) is 10.8 Å². The molecule has 0 aliphatic carbocycles. The van der Waals surface area contributed by atoms with Gasteiger partial charge in [0.05, 0.1) is 24.1 Å². The minimum atomic E-state index is -0.246. The molecule has 3 aromatic rings. The molecule has 0 fully saturated rings. The quantitative estimate of drug-likeness (QED) is 0.435. The van der Waals surface area contributed by atoms with Crippen LogP contribution in [0.1, 0.15) is 15.9 Å². The summed E-state index contributed by atoms with van der Waals surface area (Å²) in [5.41, 5.74) is 7.49. The molecule has 10 heteroatoms. The normalized spacial score (nSPS) is 10.4. The number of rotatable bonds is 9. The smallest absolute Gasteiger partial charge is 0.253 e. The summed E-state index contributed by atoms with van der Waals surface area (Å²) < 4.78 is 5.76. The van der Waals surface area contributed by atoms with Crippen molar-refractivity contribution in [3.63, 3.8) is 0 Å². The lowest BCUT2D eigenvalue weighted by Crippen LogP contribution is -2.27. The topological polar surface area (TPSA) is 119 Å². The standard InChI is InChI=1S/C20H21N5O3S2/c1-28-14-8-6-13(7-9-14)10-11-22-18(27)15-4-2-3-5-16(15)23-17(26)12-29-20-25-24-19(21)30-20/h2-9H,10-12H2,1H3,(H2,21,24)(H,22,27)(H,23,26). The Morgan fingerprint density at radius 3 is 2.60 bits per heavy atom. The first-order valence-corrected chi connectivity index (χ1v) is 10.9. The van der Waals surface area contributed by atoms with Gasteiger partial charge in [-0.1, -0.05) is 47.4 Å². The van der Waals surface area contributed by atoms with Gasteiger partial charge in [0.1, 0.15) is 5.75 Å². The van der Waals surface area contributed by atoms with Gasteiger partial charge in [-0.25, -0.2) is 0 Å². The summed E-state index contributed by atoms with van der Waals surface area (Å²) in [5, 5.41) is 13.6. The van der Waals surface area contributed by atoms with Crippen LogP contribution >= 0.6 is 23.1 Å². The third-order valence-electron chi connectivity index (χ3n) is 4.05. The molecule has 0 radical (unpaired) electrons. The Hall–Kier alpha value is -3.11. The van der Waals surface area contributed by atoms with E-state index >= 15 is 0 Å². The maximum absolute atomic E-state index is 12.6. The molecule has 0 unspecified atom stereocenters. The predicted octanol–water partition coefficient (Wildman–Crippen LogP) is 2.83. The number of methoxy groups -OCH3 is 1. The summed E-state index contributed by atoms with van der Waals surface area (Å²) in [6.45, 7) is 0.474. The van der Waals surface area contributed by atoms with E-state index < -0.39 is 0 Å². The van der Waals surface area contributed by atoms with Crippen LogP contribution in [0, 0.1) is 0 Å². The van der Waals surface area contributed by atoms with Crippen molar-refractivity contribution in [2.75, 3.05) is 30.5 Å². The number of nitrogens with one attached hydrogen (secondary N) is 2. The van der Waals surface area contributed by atoms with E-state index in [9.17, 15) is 9.59 Å². The lowest BCUT2D eigenvalue weighted by Gasteiger charge is -2.11. The van der Waals surface area contributed by atoms with Crippen LogP contribution in [0.2, 0.25) is 0 Å². The van der Waals surface area contributed by atoms with E-state index in [1.165, 1.54) is 23.1 Å². The molecule has 0 saturated heterocycles. The average Bonchev–Trinajstić information content (AvgIpc) is 3.18. The predicted molar refractivity (Wildman–Crippen MR) is 119 cm³/mol. The number of nitrogen functional groups attached to an aromatic ring is 1. The van der Waals surface area contributed by atoms with Crippen molar-refractivity contribution in [1.82, 2.24) is 15.5 Å². The highest BCUT2D eigenvalue weighted by molar-refractivity contribution is 8.01. The van der Waals surface area contributed by atoms with E-state index in [1.807, 2.05) is 24.3 Å². The molecule has 2 aromatic carbocycles.